The number of nitrogens with zero attached hydrogens (tertiary/aromatic N) is 3. The number of hydrogen-bond donors (Lipinski definition) is 1. The predicted octanol–water partition coefficient (Wildman–Crippen LogP) is 4.52. The van der Waals surface area contributed by atoms with Gasteiger partial charge in [0.1, 0.15) is 17.4 Å². The maximum Gasteiger partial charge on any atom is 0.251 e. The van der Waals surface area contributed by atoms with Crippen molar-refractivity contribution in [2.45, 2.75) is 52.2 Å². The lowest BCUT2D eigenvalue weighted by molar-refractivity contribution is 0.0679. The van der Waals surface area contributed by atoms with Crippen LogP contribution < -0.4 is 10.1 Å². The quantitative estimate of drug-likeness (QED) is 0.541. The lowest BCUT2D eigenvalue weighted by Gasteiger charge is -2.14. The average Bonchev–Trinajstić information content (AvgIpc) is 3.49. The molecule has 4 rings (SSSR count). The van der Waals surface area contributed by atoms with E-state index in [9.17, 15) is 4.79 Å². The van der Waals surface area contributed by atoms with Crippen LogP contribution in [0.3, 0.4) is 0 Å². The highest BCUT2D eigenvalue weighted by atomic mass is 32.1. The van der Waals surface area contributed by atoms with Crippen molar-refractivity contribution in [2.24, 2.45) is 0 Å². The summed E-state index contributed by atoms with van der Waals surface area (Å²) in [5, 5.41) is 11.9. The minimum Gasteiger partial charge on any atom is -0.491 e. The maximum atomic E-state index is 12.9. The molecule has 1 saturated heterocycles. The Morgan fingerprint density at radius 1 is 1.28 bits per heavy atom. The molecule has 0 bridgehead atoms. The smallest absolute Gasteiger partial charge is 0.251 e. The molecule has 8 heteroatoms. The Hall–Kier alpha value is -2.84. The van der Waals surface area contributed by atoms with Gasteiger partial charge in [0, 0.05) is 28.8 Å². The summed E-state index contributed by atoms with van der Waals surface area (Å²) >= 11 is 1.64. The van der Waals surface area contributed by atoms with Gasteiger partial charge in [-0.15, -0.1) is 11.3 Å². The van der Waals surface area contributed by atoms with Crippen LogP contribution in [0, 0.1) is 6.92 Å². The Kier molecular flexibility index (Phi) is 7.12. The maximum absolute atomic E-state index is 12.9. The van der Waals surface area contributed by atoms with E-state index in [1.807, 2.05) is 37.4 Å². The normalized spacial score (nSPS) is 15.8. The van der Waals surface area contributed by atoms with Crippen LogP contribution in [-0.2, 0) is 11.3 Å². The second-order valence-corrected chi connectivity index (χ2v) is 9.33. The summed E-state index contributed by atoms with van der Waals surface area (Å²) in [5.74, 6) is 0.843. The van der Waals surface area contributed by atoms with E-state index < -0.39 is 0 Å². The minimum atomic E-state index is -0.197. The van der Waals surface area contributed by atoms with Crippen LogP contribution >= 0.6 is 11.3 Å². The molecule has 1 fully saturated rings. The molecular weight excluding hydrogens is 424 g/mol. The summed E-state index contributed by atoms with van der Waals surface area (Å²) in [6.45, 7) is 7.72. The highest BCUT2D eigenvalue weighted by Gasteiger charge is 2.18. The molecular formula is C24H28N4O3S. The van der Waals surface area contributed by atoms with Gasteiger partial charge in [0.2, 0.25) is 0 Å². The van der Waals surface area contributed by atoms with Gasteiger partial charge in [-0.2, -0.15) is 10.2 Å². The average molecular weight is 453 g/mol. The lowest BCUT2D eigenvalue weighted by Crippen LogP contribution is -2.23. The molecule has 3 aromatic rings. The molecule has 1 atom stereocenters. The molecule has 1 N–H and O–H groups in total. The summed E-state index contributed by atoms with van der Waals surface area (Å²) in [6, 6.07) is 9.31. The molecule has 1 aliphatic rings. The van der Waals surface area contributed by atoms with Gasteiger partial charge >= 0.3 is 0 Å². The fourth-order valence-corrected chi connectivity index (χ4v) is 4.29. The van der Waals surface area contributed by atoms with E-state index in [2.05, 4.69) is 34.3 Å². The first-order valence-corrected chi connectivity index (χ1v) is 11.7. The number of carbonyl (C=O) groups is 1. The topological polar surface area (TPSA) is 86.2 Å². The van der Waals surface area contributed by atoms with Crippen LogP contribution in [0.4, 0.5) is 0 Å². The van der Waals surface area contributed by atoms with Gasteiger partial charge in [-0.3, -0.25) is 4.79 Å². The van der Waals surface area contributed by atoms with Gasteiger partial charge in [0.15, 0.2) is 0 Å². The number of hydrogen-bond acceptors (Lipinski definition) is 7. The van der Waals surface area contributed by atoms with Crippen molar-refractivity contribution in [2.75, 3.05) is 13.2 Å². The first kappa shape index (κ1) is 22.4. The monoisotopic (exact) mass is 452 g/mol. The van der Waals surface area contributed by atoms with Gasteiger partial charge in [-0.1, -0.05) is 13.8 Å². The zero-order valence-electron chi connectivity index (χ0n) is 18.6. The van der Waals surface area contributed by atoms with Crippen molar-refractivity contribution >= 4 is 17.2 Å². The summed E-state index contributed by atoms with van der Waals surface area (Å²) in [7, 11) is 0. The summed E-state index contributed by atoms with van der Waals surface area (Å²) in [4.78, 5) is 18.7. The third-order valence-electron chi connectivity index (χ3n) is 5.25. The number of nitrogens with one attached hydrogen (secondary N) is 1. The number of aryl methyl sites for hydroxylation is 1. The van der Waals surface area contributed by atoms with Crippen LogP contribution in [0.15, 0.2) is 36.5 Å². The van der Waals surface area contributed by atoms with Crippen molar-refractivity contribution in [1.82, 2.24) is 20.5 Å². The Labute approximate surface area is 192 Å². The standard InChI is InChI=1S/C24H28N4O3S/c1-15(2)22-13-26-24(32-22)18-9-17(10-21(11-18)31-14-20-5-4-8-30-20)23(29)25-12-19-7-6-16(3)27-28-19/h6-7,9-11,13,15,20H,4-5,8,12,14H2,1-3H3,(H,25,29)/t20-/m1/s1. The molecule has 7 nitrogen and oxygen atoms in total. The van der Waals surface area contributed by atoms with E-state index in [1.165, 1.54) is 4.88 Å². The van der Waals surface area contributed by atoms with Crippen molar-refractivity contribution in [3.05, 3.63) is 58.4 Å². The van der Waals surface area contributed by atoms with Crippen LogP contribution in [0.5, 0.6) is 5.75 Å². The Balaban J connectivity index is 1.54. The van der Waals surface area contributed by atoms with E-state index in [-0.39, 0.29) is 12.0 Å². The molecule has 0 spiro atoms. The van der Waals surface area contributed by atoms with Gasteiger partial charge in [0.25, 0.3) is 5.91 Å². The van der Waals surface area contributed by atoms with Gasteiger partial charge < -0.3 is 14.8 Å². The second-order valence-electron chi connectivity index (χ2n) is 8.26. The van der Waals surface area contributed by atoms with Crippen LogP contribution in [0.25, 0.3) is 10.6 Å². The van der Waals surface area contributed by atoms with Crippen molar-refractivity contribution in [3.63, 3.8) is 0 Å². The van der Waals surface area contributed by atoms with Crippen LogP contribution in [0.2, 0.25) is 0 Å². The second kappa shape index (κ2) is 10.2. The fraction of sp³-hybridized carbons (Fsp3) is 0.417. The third-order valence-corrected chi connectivity index (χ3v) is 6.60. The van der Waals surface area contributed by atoms with E-state index in [0.717, 1.165) is 35.7 Å². The predicted molar refractivity (Wildman–Crippen MR) is 124 cm³/mol. The molecule has 0 radical (unpaired) electrons. The van der Waals surface area contributed by atoms with Crippen molar-refractivity contribution < 1.29 is 14.3 Å². The van der Waals surface area contributed by atoms with Crippen molar-refractivity contribution in [3.8, 4) is 16.3 Å². The Morgan fingerprint density at radius 2 is 2.16 bits per heavy atom. The summed E-state index contributed by atoms with van der Waals surface area (Å²) in [6.07, 6.45) is 4.05. The molecule has 0 unspecified atom stereocenters. The van der Waals surface area contributed by atoms with Crippen molar-refractivity contribution in [1.29, 1.82) is 0 Å². The zero-order chi connectivity index (χ0) is 22.5. The van der Waals surface area contributed by atoms with Gasteiger partial charge in [0.05, 0.1) is 24.0 Å². The number of amides is 1. The highest BCUT2D eigenvalue weighted by molar-refractivity contribution is 7.15. The van der Waals surface area contributed by atoms with E-state index in [0.29, 0.717) is 36.1 Å². The van der Waals surface area contributed by atoms with E-state index in [4.69, 9.17) is 9.47 Å². The zero-order valence-corrected chi connectivity index (χ0v) is 19.4. The number of carbonyl (C=O) groups excluding carboxylic acids is 1. The first-order valence-electron chi connectivity index (χ1n) is 10.9. The molecule has 0 aliphatic carbocycles. The number of benzene rings is 1. The number of aromatic nitrogens is 3. The first-order chi connectivity index (χ1) is 15.5. The van der Waals surface area contributed by atoms with Gasteiger partial charge in [-0.25, -0.2) is 4.98 Å². The molecule has 0 saturated carbocycles. The van der Waals surface area contributed by atoms with Crippen LogP contribution in [0.1, 0.15) is 59.2 Å². The molecule has 1 aromatic carbocycles. The number of rotatable bonds is 8. The summed E-state index contributed by atoms with van der Waals surface area (Å²) < 4.78 is 11.7. The minimum absolute atomic E-state index is 0.100. The highest BCUT2D eigenvalue weighted by Crippen LogP contribution is 2.32. The SMILES string of the molecule is Cc1ccc(CNC(=O)c2cc(OC[C@H]3CCCO3)cc(-c3ncc(C(C)C)s3)c2)nn1. The Morgan fingerprint density at radius 3 is 2.84 bits per heavy atom. The van der Waals surface area contributed by atoms with E-state index in [1.54, 1.807) is 17.4 Å². The van der Waals surface area contributed by atoms with Crippen LogP contribution in [-0.4, -0.2) is 40.4 Å². The Bertz CT molecular complexity index is 1060. The van der Waals surface area contributed by atoms with Gasteiger partial charge in [-0.05, 0) is 56.0 Å². The van der Waals surface area contributed by atoms with E-state index >= 15 is 0 Å². The summed E-state index contributed by atoms with van der Waals surface area (Å²) in [5.41, 5.74) is 2.93. The number of ether oxygens (including phenoxy) is 2. The molecule has 3 heterocycles. The fourth-order valence-electron chi connectivity index (χ4n) is 3.38. The third kappa shape index (κ3) is 5.69. The number of thiazole rings is 1. The molecule has 1 aliphatic heterocycles. The molecule has 32 heavy (non-hydrogen) atoms. The molecule has 168 valence electrons. The largest absolute Gasteiger partial charge is 0.491 e. The molecule has 2 aromatic heterocycles. The lowest BCUT2D eigenvalue weighted by atomic mass is 10.1. The molecule has 1 amide bonds.